The number of benzene rings is 2. The van der Waals surface area contributed by atoms with Crippen LogP contribution in [0.4, 0.5) is 4.39 Å². The molecule has 5 nitrogen and oxygen atoms in total. The maximum Gasteiger partial charge on any atom is 0.261 e. The molecular formula is C17H14BrFN2O3. The highest BCUT2D eigenvalue weighted by Gasteiger charge is 2.10. The molecule has 3 rings (SSSR count). The molecule has 0 amide bonds. The van der Waals surface area contributed by atoms with Crippen LogP contribution in [0.25, 0.3) is 10.9 Å². The smallest absolute Gasteiger partial charge is 0.261 e. The van der Waals surface area contributed by atoms with E-state index < -0.39 is 11.9 Å². The van der Waals surface area contributed by atoms with Crippen LogP contribution in [-0.4, -0.2) is 27.4 Å². The first-order valence-corrected chi connectivity index (χ1v) is 8.03. The zero-order valence-corrected chi connectivity index (χ0v) is 14.1. The monoisotopic (exact) mass is 392 g/mol. The molecule has 0 saturated heterocycles. The van der Waals surface area contributed by atoms with Crippen molar-refractivity contribution in [1.82, 2.24) is 9.55 Å². The lowest BCUT2D eigenvalue weighted by molar-refractivity contribution is 0.0915. The Morgan fingerprint density at radius 3 is 2.75 bits per heavy atom. The normalized spacial score (nSPS) is 12.3. The molecule has 124 valence electrons. The van der Waals surface area contributed by atoms with E-state index >= 15 is 0 Å². The van der Waals surface area contributed by atoms with Crippen molar-refractivity contribution in [2.24, 2.45) is 0 Å². The van der Waals surface area contributed by atoms with E-state index in [1.54, 1.807) is 12.1 Å². The summed E-state index contributed by atoms with van der Waals surface area (Å²) >= 11 is 3.33. The Labute approximate surface area is 145 Å². The van der Waals surface area contributed by atoms with E-state index in [1.165, 1.54) is 29.1 Å². The van der Waals surface area contributed by atoms with Gasteiger partial charge in [0.25, 0.3) is 5.56 Å². The predicted molar refractivity (Wildman–Crippen MR) is 91.6 cm³/mol. The number of aliphatic hydroxyl groups is 1. The molecule has 0 spiro atoms. The van der Waals surface area contributed by atoms with Gasteiger partial charge in [-0.15, -0.1) is 0 Å². The predicted octanol–water partition coefficient (Wildman–Crippen LogP) is 2.74. The molecule has 24 heavy (non-hydrogen) atoms. The third-order valence-electron chi connectivity index (χ3n) is 3.45. The fourth-order valence-electron chi connectivity index (χ4n) is 2.26. The van der Waals surface area contributed by atoms with Crippen molar-refractivity contribution in [2.75, 3.05) is 6.61 Å². The largest absolute Gasteiger partial charge is 0.491 e. The molecule has 7 heteroatoms. The summed E-state index contributed by atoms with van der Waals surface area (Å²) in [5.74, 6) is 0.173. The molecule has 0 aliphatic heterocycles. The van der Waals surface area contributed by atoms with E-state index in [2.05, 4.69) is 20.9 Å². The number of fused-ring (bicyclic) bond motifs is 1. The fourth-order valence-corrected chi connectivity index (χ4v) is 2.53. The minimum atomic E-state index is -0.883. The standard InChI is InChI=1S/C17H14BrFN2O3/c18-11-1-4-14(5-2-11)24-9-13(22)8-21-10-20-16-7-12(19)3-6-15(16)17(21)23/h1-7,10,13,22H,8-9H2/t13-/m1/s1. The second-order valence-corrected chi connectivity index (χ2v) is 6.20. The van der Waals surface area contributed by atoms with Crippen LogP contribution in [-0.2, 0) is 6.54 Å². The molecule has 3 aromatic rings. The Morgan fingerprint density at radius 2 is 2.00 bits per heavy atom. The van der Waals surface area contributed by atoms with Gasteiger partial charge >= 0.3 is 0 Å². The van der Waals surface area contributed by atoms with Gasteiger partial charge < -0.3 is 9.84 Å². The Balaban J connectivity index is 1.70. The van der Waals surface area contributed by atoms with Crippen molar-refractivity contribution in [3.8, 4) is 5.75 Å². The first-order valence-electron chi connectivity index (χ1n) is 7.24. The van der Waals surface area contributed by atoms with Gasteiger partial charge in [0.2, 0.25) is 0 Å². The van der Waals surface area contributed by atoms with Crippen molar-refractivity contribution in [3.63, 3.8) is 0 Å². The van der Waals surface area contributed by atoms with Gasteiger partial charge in [0.15, 0.2) is 0 Å². The van der Waals surface area contributed by atoms with Crippen molar-refractivity contribution < 1.29 is 14.2 Å². The highest BCUT2D eigenvalue weighted by atomic mass is 79.9. The van der Waals surface area contributed by atoms with Crippen LogP contribution in [0.2, 0.25) is 0 Å². The molecule has 1 aromatic heterocycles. The van der Waals surface area contributed by atoms with Crippen LogP contribution in [0.15, 0.2) is 58.1 Å². The van der Waals surface area contributed by atoms with Crippen LogP contribution >= 0.6 is 15.9 Å². The number of hydrogen-bond acceptors (Lipinski definition) is 4. The van der Waals surface area contributed by atoms with E-state index in [-0.39, 0.29) is 24.2 Å². The van der Waals surface area contributed by atoms with Gasteiger partial charge in [0, 0.05) is 10.5 Å². The Kier molecular flexibility index (Phi) is 4.92. The van der Waals surface area contributed by atoms with Crippen LogP contribution < -0.4 is 10.3 Å². The summed E-state index contributed by atoms with van der Waals surface area (Å²) in [5, 5.41) is 10.4. The van der Waals surface area contributed by atoms with E-state index in [4.69, 9.17) is 4.74 Å². The molecule has 0 saturated carbocycles. The van der Waals surface area contributed by atoms with Gasteiger partial charge in [-0.1, -0.05) is 15.9 Å². The minimum Gasteiger partial charge on any atom is -0.491 e. The minimum absolute atomic E-state index is 0.0372. The molecule has 1 atom stereocenters. The van der Waals surface area contributed by atoms with E-state index in [1.807, 2.05) is 12.1 Å². The van der Waals surface area contributed by atoms with Crippen LogP contribution in [0, 0.1) is 5.82 Å². The SMILES string of the molecule is O=c1c2ccc(F)cc2ncn1C[C@@H](O)COc1ccc(Br)cc1. The maximum atomic E-state index is 13.2. The summed E-state index contributed by atoms with van der Waals surface area (Å²) in [6.07, 6.45) is 0.415. The summed E-state index contributed by atoms with van der Waals surface area (Å²) < 4.78 is 20.9. The summed E-state index contributed by atoms with van der Waals surface area (Å²) in [6.45, 7) is 0.0746. The molecule has 1 N–H and O–H groups in total. The number of aromatic nitrogens is 2. The van der Waals surface area contributed by atoms with Crippen molar-refractivity contribution in [3.05, 3.63) is 69.4 Å². The zero-order valence-electron chi connectivity index (χ0n) is 12.5. The van der Waals surface area contributed by atoms with Gasteiger partial charge in [-0.05, 0) is 36.4 Å². The Hall–Kier alpha value is -2.25. The first-order chi connectivity index (χ1) is 11.5. The van der Waals surface area contributed by atoms with Gasteiger partial charge in [-0.2, -0.15) is 0 Å². The van der Waals surface area contributed by atoms with Crippen LogP contribution in [0.5, 0.6) is 5.75 Å². The average molecular weight is 393 g/mol. The average Bonchev–Trinajstić information content (AvgIpc) is 2.57. The summed E-state index contributed by atoms with van der Waals surface area (Å²) in [7, 11) is 0. The van der Waals surface area contributed by atoms with Crippen molar-refractivity contribution >= 4 is 26.8 Å². The molecule has 2 aromatic carbocycles. The highest BCUT2D eigenvalue weighted by molar-refractivity contribution is 9.10. The molecule has 0 aliphatic carbocycles. The Bertz CT molecular complexity index is 912. The molecule has 0 radical (unpaired) electrons. The first kappa shape index (κ1) is 16.6. The molecule has 0 aliphatic rings. The third kappa shape index (κ3) is 3.80. The van der Waals surface area contributed by atoms with Gasteiger partial charge in [-0.3, -0.25) is 9.36 Å². The second kappa shape index (κ2) is 7.11. The van der Waals surface area contributed by atoms with Crippen molar-refractivity contribution in [2.45, 2.75) is 12.6 Å². The van der Waals surface area contributed by atoms with E-state index in [0.29, 0.717) is 11.1 Å². The van der Waals surface area contributed by atoms with E-state index in [9.17, 15) is 14.3 Å². The summed E-state index contributed by atoms with van der Waals surface area (Å²) in [6, 6.07) is 11.0. The van der Waals surface area contributed by atoms with Gasteiger partial charge in [0.05, 0.1) is 23.8 Å². The lowest BCUT2D eigenvalue weighted by Gasteiger charge is -2.14. The lowest BCUT2D eigenvalue weighted by Crippen LogP contribution is -2.30. The lowest BCUT2D eigenvalue weighted by atomic mass is 10.2. The highest BCUT2D eigenvalue weighted by Crippen LogP contribution is 2.16. The summed E-state index contributed by atoms with van der Waals surface area (Å²) in [4.78, 5) is 16.4. The topological polar surface area (TPSA) is 64.4 Å². The molecule has 0 bridgehead atoms. The molecule has 0 unspecified atom stereocenters. The number of rotatable bonds is 5. The maximum absolute atomic E-state index is 13.2. The Morgan fingerprint density at radius 1 is 1.25 bits per heavy atom. The molecule has 0 fully saturated rings. The second-order valence-electron chi connectivity index (χ2n) is 5.28. The van der Waals surface area contributed by atoms with Crippen LogP contribution in [0.3, 0.4) is 0 Å². The van der Waals surface area contributed by atoms with Crippen LogP contribution in [0.1, 0.15) is 0 Å². The molecular weight excluding hydrogens is 379 g/mol. The number of ether oxygens (including phenoxy) is 1. The van der Waals surface area contributed by atoms with Crippen molar-refractivity contribution in [1.29, 1.82) is 0 Å². The van der Waals surface area contributed by atoms with Gasteiger partial charge in [0.1, 0.15) is 24.3 Å². The number of hydrogen-bond donors (Lipinski definition) is 1. The van der Waals surface area contributed by atoms with E-state index in [0.717, 1.165) is 4.47 Å². The molecule has 1 heterocycles. The zero-order chi connectivity index (χ0) is 17.1. The number of halogens is 2. The number of nitrogens with zero attached hydrogens (tertiary/aromatic N) is 2. The summed E-state index contributed by atoms with van der Waals surface area (Å²) in [5.41, 5.74) is -0.0421. The number of aliphatic hydroxyl groups excluding tert-OH is 1. The van der Waals surface area contributed by atoms with Gasteiger partial charge in [-0.25, -0.2) is 9.37 Å². The quantitative estimate of drug-likeness (QED) is 0.724. The third-order valence-corrected chi connectivity index (χ3v) is 3.98. The fraction of sp³-hybridized carbons (Fsp3) is 0.176.